The minimum Gasteiger partial charge on any atom is -0.383 e. The number of pyridine rings is 2. The van der Waals surface area contributed by atoms with Crippen LogP contribution in [-0.4, -0.2) is 35.5 Å². The first kappa shape index (κ1) is 18.6. The standard InChI is InChI=1S/C23H17F2N7/c24-14-9-13-10-15(12-18(25)17(13)11-14)32-22(16-3-1-6-27-21(16)26)29-19-4-5-20(30-23(19)32)31-8-2-7-28-31/h1-8,10,12,14H,9,11H2,(H2,26,27). The largest absolute Gasteiger partial charge is 0.383 e. The van der Waals surface area contributed by atoms with Gasteiger partial charge >= 0.3 is 0 Å². The molecule has 1 atom stereocenters. The smallest absolute Gasteiger partial charge is 0.167 e. The number of imidazole rings is 1. The second-order valence-electron chi connectivity index (χ2n) is 7.74. The molecule has 1 aliphatic rings. The molecule has 9 heteroatoms. The fourth-order valence-electron chi connectivity index (χ4n) is 4.26. The van der Waals surface area contributed by atoms with Crippen LogP contribution in [-0.2, 0) is 12.8 Å². The average molecular weight is 429 g/mol. The predicted octanol–water partition coefficient (Wildman–Crippen LogP) is 3.83. The van der Waals surface area contributed by atoms with Crippen molar-refractivity contribution in [2.45, 2.75) is 19.0 Å². The van der Waals surface area contributed by atoms with Gasteiger partial charge in [0.25, 0.3) is 0 Å². The first-order valence-electron chi connectivity index (χ1n) is 10.1. The summed E-state index contributed by atoms with van der Waals surface area (Å²) in [5.74, 6) is 0.916. The molecule has 1 aliphatic carbocycles. The SMILES string of the molecule is Nc1ncccc1-c1nc2ccc(-n3cccn3)nc2n1-c1cc(F)c2c(c1)CC(F)C2. The molecule has 2 N–H and O–H groups in total. The lowest BCUT2D eigenvalue weighted by atomic mass is 10.1. The highest BCUT2D eigenvalue weighted by atomic mass is 19.1. The molecule has 5 aromatic rings. The topological polar surface area (TPSA) is 87.4 Å². The molecule has 1 unspecified atom stereocenters. The molecule has 0 bridgehead atoms. The first-order chi connectivity index (χ1) is 15.6. The van der Waals surface area contributed by atoms with Crippen molar-refractivity contribution in [1.29, 1.82) is 0 Å². The van der Waals surface area contributed by atoms with Crippen LogP contribution in [0, 0.1) is 5.82 Å². The number of alkyl halides is 1. The molecule has 4 heterocycles. The number of nitrogen functional groups attached to an aromatic ring is 1. The summed E-state index contributed by atoms with van der Waals surface area (Å²) in [6.07, 6.45) is 4.24. The van der Waals surface area contributed by atoms with E-state index in [9.17, 15) is 8.78 Å². The van der Waals surface area contributed by atoms with Crippen molar-refractivity contribution in [3.8, 4) is 22.9 Å². The van der Waals surface area contributed by atoms with Crippen molar-refractivity contribution in [2.75, 3.05) is 5.73 Å². The highest BCUT2D eigenvalue weighted by molar-refractivity contribution is 5.83. The molecule has 158 valence electrons. The Hall–Kier alpha value is -4.14. The van der Waals surface area contributed by atoms with E-state index in [-0.39, 0.29) is 12.8 Å². The third-order valence-corrected chi connectivity index (χ3v) is 5.71. The zero-order chi connectivity index (χ0) is 21.8. The lowest BCUT2D eigenvalue weighted by Gasteiger charge is -2.13. The quantitative estimate of drug-likeness (QED) is 0.471. The molecule has 0 fully saturated rings. The van der Waals surface area contributed by atoms with E-state index in [0.717, 1.165) is 0 Å². The molecule has 0 aliphatic heterocycles. The number of benzene rings is 1. The number of anilines is 1. The van der Waals surface area contributed by atoms with Gasteiger partial charge in [-0.25, -0.2) is 28.4 Å². The van der Waals surface area contributed by atoms with E-state index < -0.39 is 12.0 Å². The molecule has 7 nitrogen and oxygen atoms in total. The Kier molecular flexibility index (Phi) is 4.04. The van der Waals surface area contributed by atoms with Gasteiger partial charge < -0.3 is 5.73 Å². The summed E-state index contributed by atoms with van der Waals surface area (Å²) in [5, 5.41) is 4.24. The van der Waals surface area contributed by atoms with Gasteiger partial charge in [0.1, 0.15) is 23.3 Å². The highest BCUT2D eigenvalue weighted by Gasteiger charge is 2.26. The second-order valence-corrected chi connectivity index (χ2v) is 7.74. The fraction of sp³-hybridized carbons (Fsp3) is 0.130. The van der Waals surface area contributed by atoms with Crippen LogP contribution in [0.15, 0.2) is 61.1 Å². The van der Waals surface area contributed by atoms with Crippen molar-refractivity contribution in [1.82, 2.24) is 29.3 Å². The molecule has 32 heavy (non-hydrogen) atoms. The molecule has 4 aromatic heterocycles. The number of rotatable bonds is 3. The van der Waals surface area contributed by atoms with Gasteiger partial charge in [-0.3, -0.25) is 4.57 Å². The van der Waals surface area contributed by atoms with Crippen LogP contribution in [0.25, 0.3) is 34.1 Å². The van der Waals surface area contributed by atoms with E-state index in [1.165, 1.54) is 6.07 Å². The monoisotopic (exact) mass is 429 g/mol. The van der Waals surface area contributed by atoms with Crippen LogP contribution in [0.4, 0.5) is 14.6 Å². The fourth-order valence-corrected chi connectivity index (χ4v) is 4.26. The van der Waals surface area contributed by atoms with Gasteiger partial charge in [0, 0.05) is 31.4 Å². The molecule has 6 rings (SSSR count). The van der Waals surface area contributed by atoms with E-state index in [2.05, 4.69) is 10.1 Å². The molecule has 0 spiro atoms. The number of hydrogen-bond donors (Lipinski definition) is 1. The maximum atomic E-state index is 15.0. The molecule has 0 saturated heterocycles. The van der Waals surface area contributed by atoms with Gasteiger partial charge in [-0.2, -0.15) is 5.10 Å². The third-order valence-electron chi connectivity index (χ3n) is 5.71. The van der Waals surface area contributed by atoms with Crippen molar-refractivity contribution >= 4 is 17.0 Å². The van der Waals surface area contributed by atoms with E-state index in [1.807, 2.05) is 6.07 Å². The Bertz CT molecular complexity index is 1470. The summed E-state index contributed by atoms with van der Waals surface area (Å²) in [6.45, 7) is 0. The van der Waals surface area contributed by atoms with Gasteiger partial charge in [-0.05, 0) is 53.6 Å². The molecule has 0 radical (unpaired) electrons. The van der Waals surface area contributed by atoms with Crippen LogP contribution in [0.2, 0.25) is 0 Å². The lowest BCUT2D eigenvalue weighted by molar-refractivity contribution is 0.347. The maximum absolute atomic E-state index is 15.0. The summed E-state index contributed by atoms with van der Waals surface area (Å²) in [6, 6.07) is 12.2. The van der Waals surface area contributed by atoms with Crippen molar-refractivity contribution in [3.63, 3.8) is 0 Å². The predicted molar refractivity (Wildman–Crippen MR) is 116 cm³/mol. The first-order valence-corrected chi connectivity index (χ1v) is 10.1. The Morgan fingerprint density at radius 1 is 1.03 bits per heavy atom. The van der Waals surface area contributed by atoms with Crippen molar-refractivity contribution < 1.29 is 8.78 Å². The maximum Gasteiger partial charge on any atom is 0.167 e. The molecule has 0 saturated carbocycles. The second kappa shape index (κ2) is 6.94. The van der Waals surface area contributed by atoms with E-state index >= 15 is 0 Å². The van der Waals surface area contributed by atoms with Crippen LogP contribution >= 0.6 is 0 Å². The van der Waals surface area contributed by atoms with Gasteiger partial charge in [0.05, 0.1) is 11.3 Å². The number of nitrogens with two attached hydrogens (primary N) is 1. The summed E-state index contributed by atoms with van der Waals surface area (Å²) in [5.41, 5.74) is 9.43. The lowest BCUT2D eigenvalue weighted by Crippen LogP contribution is -2.05. The zero-order valence-electron chi connectivity index (χ0n) is 16.8. The van der Waals surface area contributed by atoms with E-state index in [0.29, 0.717) is 51.0 Å². The van der Waals surface area contributed by atoms with Crippen LogP contribution in [0.5, 0.6) is 0 Å². The van der Waals surface area contributed by atoms with E-state index in [4.69, 9.17) is 15.7 Å². The van der Waals surface area contributed by atoms with Crippen LogP contribution in [0.1, 0.15) is 11.1 Å². The summed E-state index contributed by atoms with van der Waals surface area (Å²) in [7, 11) is 0. The van der Waals surface area contributed by atoms with E-state index in [1.54, 1.807) is 58.2 Å². The number of hydrogen-bond acceptors (Lipinski definition) is 5. The third kappa shape index (κ3) is 2.85. The normalized spacial score (nSPS) is 15.4. The van der Waals surface area contributed by atoms with Gasteiger partial charge in [-0.15, -0.1) is 0 Å². The van der Waals surface area contributed by atoms with Crippen LogP contribution < -0.4 is 5.73 Å². The summed E-state index contributed by atoms with van der Waals surface area (Å²) < 4.78 is 32.3. The molecular formula is C23H17F2N7. The number of aromatic nitrogens is 6. The van der Waals surface area contributed by atoms with Gasteiger partial charge in [-0.1, -0.05) is 0 Å². The Morgan fingerprint density at radius 3 is 2.75 bits per heavy atom. The Labute approximate surface area is 181 Å². The van der Waals surface area contributed by atoms with Crippen molar-refractivity contribution in [2.24, 2.45) is 0 Å². The summed E-state index contributed by atoms with van der Waals surface area (Å²) in [4.78, 5) is 13.7. The number of halogens is 2. The molecular weight excluding hydrogens is 412 g/mol. The molecule has 0 amide bonds. The average Bonchev–Trinajstić information content (AvgIpc) is 3.51. The van der Waals surface area contributed by atoms with Gasteiger partial charge in [0.15, 0.2) is 17.3 Å². The summed E-state index contributed by atoms with van der Waals surface area (Å²) >= 11 is 0. The van der Waals surface area contributed by atoms with Crippen molar-refractivity contribution in [3.05, 3.63) is 78.0 Å². The Balaban J connectivity index is 1.65. The Morgan fingerprint density at radius 2 is 1.94 bits per heavy atom. The zero-order valence-corrected chi connectivity index (χ0v) is 16.8. The number of fused-ring (bicyclic) bond motifs is 2. The minimum absolute atomic E-state index is 0.0935. The molecule has 1 aromatic carbocycles. The number of nitrogens with zero attached hydrogens (tertiary/aromatic N) is 6. The van der Waals surface area contributed by atoms with Crippen LogP contribution in [0.3, 0.4) is 0 Å². The minimum atomic E-state index is -1.08. The highest BCUT2D eigenvalue weighted by Crippen LogP contribution is 2.34. The van der Waals surface area contributed by atoms with Gasteiger partial charge in [0.2, 0.25) is 0 Å².